The predicted octanol–water partition coefficient (Wildman–Crippen LogP) is 2.42. The summed E-state index contributed by atoms with van der Waals surface area (Å²) in [6, 6.07) is 10.4. The molecule has 92 valence electrons. The molecule has 3 rings (SSSR count). The number of nitrogen functional groups attached to an aromatic ring is 1. The highest BCUT2D eigenvalue weighted by molar-refractivity contribution is 5.71. The molecule has 1 saturated heterocycles. The molecule has 4 N–H and O–H groups in total. The Morgan fingerprint density at radius 3 is 2.28 bits per heavy atom. The Balaban J connectivity index is 2.00. The van der Waals surface area contributed by atoms with E-state index >= 15 is 0 Å². The fourth-order valence-electron chi connectivity index (χ4n) is 1.98. The van der Waals surface area contributed by atoms with Gasteiger partial charge in [0.25, 0.3) is 0 Å². The number of anilines is 1. The standard InChI is InChI=1S/C14H13NO3/c15-11-5-8(1-3-10(11)14-7-18-14)9-2-4-12(16)13(17)6-9/h1-6,14,16-17H,7,15H2. The topological polar surface area (TPSA) is 79.0 Å². The normalized spacial score (nSPS) is 17.7. The van der Waals surface area contributed by atoms with Gasteiger partial charge in [0, 0.05) is 11.3 Å². The SMILES string of the molecule is Nc1cc(-c2ccc(O)c(O)c2)ccc1C1CO1. The molecule has 0 saturated carbocycles. The highest BCUT2D eigenvalue weighted by atomic mass is 16.6. The van der Waals surface area contributed by atoms with Gasteiger partial charge in [-0.15, -0.1) is 0 Å². The lowest BCUT2D eigenvalue weighted by Gasteiger charge is -2.07. The minimum absolute atomic E-state index is 0.130. The first-order valence-electron chi connectivity index (χ1n) is 5.68. The number of ether oxygens (including phenoxy) is 1. The molecule has 1 fully saturated rings. The van der Waals surface area contributed by atoms with Gasteiger partial charge in [-0.3, -0.25) is 0 Å². The van der Waals surface area contributed by atoms with Crippen LogP contribution in [0.15, 0.2) is 36.4 Å². The van der Waals surface area contributed by atoms with Crippen LogP contribution in [-0.2, 0) is 4.74 Å². The summed E-state index contributed by atoms with van der Waals surface area (Å²) in [7, 11) is 0. The third-order valence-electron chi connectivity index (χ3n) is 3.08. The lowest BCUT2D eigenvalue weighted by molar-refractivity contribution is 0.404. The van der Waals surface area contributed by atoms with E-state index in [1.165, 1.54) is 12.1 Å². The van der Waals surface area contributed by atoms with Crippen LogP contribution < -0.4 is 5.73 Å². The molecule has 1 heterocycles. The second-order valence-corrected chi connectivity index (χ2v) is 4.37. The molecule has 1 atom stereocenters. The lowest BCUT2D eigenvalue weighted by atomic mass is 10.0. The van der Waals surface area contributed by atoms with Crippen molar-refractivity contribution in [1.29, 1.82) is 0 Å². The van der Waals surface area contributed by atoms with Crippen LogP contribution >= 0.6 is 0 Å². The molecule has 0 bridgehead atoms. The molecule has 0 aromatic heterocycles. The average Bonchev–Trinajstić information content (AvgIpc) is 3.17. The van der Waals surface area contributed by atoms with Crippen molar-refractivity contribution in [3.8, 4) is 22.6 Å². The Labute approximate surface area is 104 Å². The van der Waals surface area contributed by atoms with E-state index in [1.54, 1.807) is 6.07 Å². The van der Waals surface area contributed by atoms with Crippen LogP contribution in [0.25, 0.3) is 11.1 Å². The number of aromatic hydroxyl groups is 2. The highest BCUT2D eigenvalue weighted by Gasteiger charge is 2.26. The maximum absolute atomic E-state index is 9.48. The molecule has 0 spiro atoms. The van der Waals surface area contributed by atoms with Gasteiger partial charge < -0.3 is 20.7 Å². The van der Waals surface area contributed by atoms with Crippen LogP contribution in [0.3, 0.4) is 0 Å². The molecule has 0 radical (unpaired) electrons. The smallest absolute Gasteiger partial charge is 0.158 e. The lowest BCUT2D eigenvalue weighted by Crippen LogP contribution is -1.93. The molecule has 0 aliphatic carbocycles. The molecule has 0 amide bonds. The molecule has 1 aliphatic rings. The van der Waals surface area contributed by atoms with E-state index in [2.05, 4.69) is 0 Å². The third-order valence-corrected chi connectivity index (χ3v) is 3.08. The van der Waals surface area contributed by atoms with E-state index < -0.39 is 0 Å². The van der Waals surface area contributed by atoms with E-state index in [4.69, 9.17) is 10.5 Å². The Morgan fingerprint density at radius 1 is 1.00 bits per heavy atom. The molecular formula is C14H13NO3. The van der Waals surface area contributed by atoms with Crippen molar-refractivity contribution in [3.63, 3.8) is 0 Å². The minimum atomic E-state index is -0.138. The van der Waals surface area contributed by atoms with Gasteiger partial charge in [-0.2, -0.15) is 0 Å². The number of epoxide rings is 1. The van der Waals surface area contributed by atoms with Crippen molar-refractivity contribution in [2.75, 3.05) is 12.3 Å². The first-order valence-corrected chi connectivity index (χ1v) is 5.68. The van der Waals surface area contributed by atoms with Crippen molar-refractivity contribution in [2.24, 2.45) is 0 Å². The number of nitrogens with two attached hydrogens (primary N) is 1. The number of hydrogen-bond donors (Lipinski definition) is 3. The summed E-state index contributed by atoms with van der Waals surface area (Å²) in [5.74, 6) is -0.268. The van der Waals surface area contributed by atoms with Crippen molar-refractivity contribution >= 4 is 5.69 Å². The molecule has 18 heavy (non-hydrogen) atoms. The number of hydrogen-bond acceptors (Lipinski definition) is 4. The summed E-state index contributed by atoms with van der Waals surface area (Å²) in [6.45, 7) is 0.726. The van der Waals surface area contributed by atoms with E-state index in [0.29, 0.717) is 5.69 Å². The predicted molar refractivity (Wildman–Crippen MR) is 68.3 cm³/mol. The molecule has 2 aromatic carbocycles. The first kappa shape index (κ1) is 10.9. The zero-order valence-electron chi connectivity index (χ0n) is 9.63. The van der Waals surface area contributed by atoms with Gasteiger partial charge in [0.1, 0.15) is 6.10 Å². The average molecular weight is 243 g/mol. The summed E-state index contributed by atoms with van der Waals surface area (Å²) in [4.78, 5) is 0. The molecule has 2 aromatic rings. The zero-order valence-corrected chi connectivity index (χ0v) is 9.63. The van der Waals surface area contributed by atoms with Crippen LogP contribution in [-0.4, -0.2) is 16.8 Å². The van der Waals surface area contributed by atoms with E-state index in [1.807, 2.05) is 18.2 Å². The van der Waals surface area contributed by atoms with Crippen LogP contribution in [0, 0.1) is 0 Å². The second-order valence-electron chi connectivity index (χ2n) is 4.37. The van der Waals surface area contributed by atoms with Gasteiger partial charge in [-0.25, -0.2) is 0 Å². The number of phenolic OH excluding ortho intramolecular Hbond substituents is 2. The number of phenols is 2. The van der Waals surface area contributed by atoms with E-state index in [9.17, 15) is 10.2 Å². The summed E-state index contributed by atoms with van der Waals surface area (Å²) in [5, 5.41) is 18.8. The van der Waals surface area contributed by atoms with Crippen LogP contribution in [0.2, 0.25) is 0 Å². The zero-order chi connectivity index (χ0) is 12.7. The number of rotatable bonds is 2. The number of benzene rings is 2. The Bertz CT molecular complexity index is 606. The van der Waals surface area contributed by atoms with Gasteiger partial charge in [0.05, 0.1) is 6.61 Å². The van der Waals surface area contributed by atoms with Gasteiger partial charge in [0.15, 0.2) is 11.5 Å². The van der Waals surface area contributed by atoms with E-state index in [0.717, 1.165) is 23.3 Å². The molecule has 1 unspecified atom stereocenters. The summed E-state index contributed by atoms with van der Waals surface area (Å²) < 4.78 is 5.20. The first-order chi connectivity index (χ1) is 8.65. The third kappa shape index (κ3) is 1.87. The van der Waals surface area contributed by atoms with Crippen LogP contribution in [0.4, 0.5) is 5.69 Å². The van der Waals surface area contributed by atoms with E-state index in [-0.39, 0.29) is 17.6 Å². The minimum Gasteiger partial charge on any atom is -0.504 e. The quantitative estimate of drug-likeness (QED) is 0.430. The molecule has 1 aliphatic heterocycles. The summed E-state index contributed by atoms with van der Waals surface area (Å²) in [6.07, 6.45) is 0.132. The summed E-state index contributed by atoms with van der Waals surface area (Å²) >= 11 is 0. The fourth-order valence-corrected chi connectivity index (χ4v) is 1.98. The van der Waals surface area contributed by atoms with Crippen LogP contribution in [0.1, 0.15) is 11.7 Å². The summed E-state index contributed by atoms with van der Waals surface area (Å²) in [5.41, 5.74) is 9.36. The van der Waals surface area contributed by atoms with Crippen molar-refractivity contribution in [1.82, 2.24) is 0 Å². The Morgan fingerprint density at radius 2 is 1.67 bits per heavy atom. The highest BCUT2D eigenvalue weighted by Crippen LogP contribution is 2.37. The van der Waals surface area contributed by atoms with Crippen molar-refractivity contribution < 1.29 is 14.9 Å². The second kappa shape index (κ2) is 3.92. The van der Waals surface area contributed by atoms with Gasteiger partial charge in [0.2, 0.25) is 0 Å². The maximum Gasteiger partial charge on any atom is 0.158 e. The van der Waals surface area contributed by atoms with Crippen LogP contribution in [0.5, 0.6) is 11.5 Å². The van der Waals surface area contributed by atoms with Gasteiger partial charge >= 0.3 is 0 Å². The Hall–Kier alpha value is -2.20. The van der Waals surface area contributed by atoms with Crippen molar-refractivity contribution in [3.05, 3.63) is 42.0 Å². The molecular weight excluding hydrogens is 230 g/mol. The Kier molecular flexibility index (Phi) is 2.38. The van der Waals surface area contributed by atoms with Gasteiger partial charge in [-0.05, 0) is 29.3 Å². The van der Waals surface area contributed by atoms with Gasteiger partial charge in [-0.1, -0.05) is 18.2 Å². The largest absolute Gasteiger partial charge is 0.504 e. The fraction of sp³-hybridized carbons (Fsp3) is 0.143. The molecule has 4 heteroatoms. The molecule has 4 nitrogen and oxygen atoms in total. The maximum atomic E-state index is 9.48. The monoisotopic (exact) mass is 243 g/mol. The van der Waals surface area contributed by atoms with Crippen molar-refractivity contribution in [2.45, 2.75) is 6.10 Å².